The summed E-state index contributed by atoms with van der Waals surface area (Å²) in [6, 6.07) is 18.2. The van der Waals surface area contributed by atoms with Crippen molar-refractivity contribution in [1.82, 2.24) is 4.57 Å². The zero-order valence-corrected chi connectivity index (χ0v) is 15.7. The molecule has 0 fully saturated rings. The van der Waals surface area contributed by atoms with Crippen LogP contribution in [0.3, 0.4) is 0 Å². The molecule has 3 aromatic rings. The summed E-state index contributed by atoms with van der Waals surface area (Å²) in [5, 5.41) is 11.0. The summed E-state index contributed by atoms with van der Waals surface area (Å²) in [5.74, 6) is 0.742. The van der Waals surface area contributed by atoms with Crippen molar-refractivity contribution in [3.05, 3.63) is 77.5 Å². The van der Waals surface area contributed by atoms with Gasteiger partial charge in [-0.15, -0.1) is 0 Å². The number of anilines is 1. The number of aliphatic hydroxyl groups excluding tert-OH is 1. The molecule has 4 heteroatoms. The van der Waals surface area contributed by atoms with E-state index in [-0.39, 0.29) is 12.4 Å². The molecule has 138 valence electrons. The Balaban J connectivity index is 1.65. The molecular weight excluding hydrogens is 336 g/mol. The van der Waals surface area contributed by atoms with Gasteiger partial charge in [-0.3, -0.25) is 4.79 Å². The third kappa shape index (κ3) is 3.06. The zero-order chi connectivity index (χ0) is 19.0. The summed E-state index contributed by atoms with van der Waals surface area (Å²) in [5.41, 5.74) is 4.18. The van der Waals surface area contributed by atoms with Crippen LogP contribution in [0.4, 0.5) is 5.82 Å². The van der Waals surface area contributed by atoms with Crippen LogP contribution in [0, 0.1) is 5.92 Å². The van der Waals surface area contributed by atoms with Gasteiger partial charge in [0.15, 0.2) is 5.78 Å². The minimum Gasteiger partial charge on any atom is -0.396 e. The number of aromatic nitrogens is 1. The lowest BCUT2D eigenvalue weighted by molar-refractivity contribution is -0.120. The third-order valence-corrected chi connectivity index (χ3v) is 5.46. The number of carbonyl (C=O) groups excluding carboxylic acids is 1. The van der Waals surface area contributed by atoms with Crippen LogP contribution < -0.4 is 4.90 Å². The number of aryl methyl sites for hydroxylation is 1. The number of Topliss-reactive ketones (excluding diaryl/α,β-unsaturated/α-hetero) is 1. The molecule has 1 aromatic heterocycles. The third-order valence-electron chi connectivity index (χ3n) is 5.46. The van der Waals surface area contributed by atoms with Crippen LogP contribution in [0.15, 0.2) is 66.4 Å². The zero-order valence-electron chi connectivity index (χ0n) is 15.7. The lowest BCUT2D eigenvalue weighted by Crippen LogP contribution is -2.28. The summed E-state index contributed by atoms with van der Waals surface area (Å²) in [6.07, 6.45) is 3.09. The molecule has 0 saturated carbocycles. The van der Waals surface area contributed by atoms with Gasteiger partial charge >= 0.3 is 0 Å². The van der Waals surface area contributed by atoms with E-state index in [1.807, 2.05) is 60.6 Å². The van der Waals surface area contributed by atoms with Crippen LogP contribution >= 0.6 is 0 Å². The Morgan fingerprint density at radius 3 is 2.52 bits per heavy atom. The van der Waals surface area contributed by atoms with E-state index < -0.39 is 5.92 Å². The molecule has 2 aromatic carbocycles. The van der Waals surface area contributed by atoms with Gasteiger partial charge in [-0.25, -0.2) is 0 Å². The number of ketones is 1. The Hall–Kier alpha value is -2.85. The Kier molecular flexibility index (Phi) is 4.58. The fourth-order valence-corrected chi connectivity index (χ4v) is 4.16. The Bertz CT molecular complexity index is 1020. The van der Waals surface area contributed by atoms with E-state index in [1.165, 1.54) is 16.5 Å². The van der Waals surface area contributed by atoms with Crippen molar-refractivity contribution >= 4 is 22.5 Å². The normalized spacial score (nSPS) is 14.8. The number of hydrogen-bond donors (Lipinski definition) is 1. The summed E-state index contributed by atoms with van der Waals surface area (Å²) in [4.78, 5) is 15.2. The minimum atomic E-state index is -0.413. The second-order valence-corrected chi connectivity index (χ2v) is 7.25. The molecule has 0 amide bonds. The summed E-state index contributed by atoms with van der Waals surface area (Å²) >= 11 is 0. The number of benzene rings is 2. The van der Waals surface area contributed by atoms with Gasteiger partial charge in [0, 0.05) is 54.7 Å². The highest BCUT2D eigenvalue weighted by molar-refractivity contribution is 6.01. The first-order chi connectivity index (χ1) is 13.1. The topological polar surface area (TPSA) is 45.5 Å². The van der Waals surface area contributed by atoms with E-state index in [2.05, 4.69) is 23.7 Å². The number of nitrogens with zero attached hydrogens (tertiary/aromatic N) is 2. The quantitative estimate of drug-likeness (QED) is 0.758. The first kappa shape index (κ1) is 17.6. The van der Waals surface area contributed by atoms with E-state index in [0.29, 0.717) is 12.8 Å². The molecular formula is C23H24N2O2. The maximum absolute atomic E-state index is 13.2. The Morgan fingerprint density at radius 1 is 1.07 bits per heavy atom. The SMILES string of the molecule is CN1C=C(C(=O)[C@H](CO)Cc2ccccc2)Cc2c1n(C)c1ccccc21. The van der Waals surface area contributed by atoms with Crippen LogP contribution in [0.5, 0.6) is 0 Å². The van der Waals surface area contributed by atoms with Crippen molar-refractivity contribution in [2.45, 2.75) is 12.8 Å². The predicted molar refractivity (Wildman–Crippen MR) is 109 cm³/mol. The van der Waals surface area contributed by atoms with Gasteiger partial charge in [-0.05, 0) is 18.1 Å². The Labute approximate surface area is 159 Å². The highest BCUT2D eigenvalue weighted by atomic mass is 16.3. The van der Waals surface area contributed by atoms with Crippen molar-refractivity contribution in [3.63, 3.8) is 0 Å². The average molecular weight is 360 g/mol. The number of hydrogen-bond acceptors (Lipinski definition) is 3. The van der Waals surface area contributed by atoms with Gasteiger partial charge in [-0.1, -0.05) is 48.5 Å². The summed E-state index contributed by atoms with van der Waals surface area (Å²) in [7, 11) is 4.04. The maximum Gasteiger partial charge on any atom is 0.166 e. The van der Waals surface area contributed by atoms with Gasteiger partial charge in [-0.2, -0.15) is 0 Å². The Morgan fingerprint density at radius 2 is 1.78 bits per heavy atom. The number of carbonyl (C=O) groups is 1. The number of para-hydroxylation sites is 1. The number of rotatable bonds is 5. The van der Waals surface area contributed by atoms with Crippen LogP contribution in [0.2, 0.25) is 0 Å². The first-order valence-electron chi connectivity index (χ1n) is 9.29. The van der Waals surface area contributed by atoms with Gasteiger partial charge in [0.05, 0.1) is 6.61 Å². The number of aliphatic hydroxyl groups is 1. The summed E-state index contributed by atoms with van der Waals surface area (Å²) < 4.78 is 2.18. The lowest BCUT2D eigenvalue weighted by Gasteiger charge is -2.26. The maximum atomic E-state index is 13.2. The lowest BCUT2D eigenvalue weighted by atomic mass is 9.88. The minimum absolute atomic E-state index is 0.0341. The van der Waals surface area contributed by atoms with Crippen molar-refractivity contribution in [2.24, 2.45) is 13.0 Å². The number of fused-ring (bicyclic) bond motifs is 3. The van der Waals surface area contributed by atoms with Crippen molar-refractivity contribution in [3.8, 4) is 0 Å². The molecule has 0 bridgehead atoms. The molecule has 27 heavy (non-hydrogen) atoms. The highest BCUT2D eigenvalue weighted by Gasteiger charge is 2.29. The van der Waals surface area contributed by atoms with Crippen LogP contribution in [0.25, 0.3) is 10.9 Å². The molecule has 4 nitrogen and oxygen atoms in total. The van der Waals surface area contributed by atoms with Crippen LogP contribution in [0.1, 0.15) is 11.1 Å². The van der Waals surface area contributed by atoms with Gasteiger partial charge < -0.3 is 14.6 Å². The summed E-state index contributed by atoms with van der Waals surface area (Å²) in [6.45, 7) is -0.142. The van der Waals surface area contributed by atoms with E-state index in [4.69, 9.17) is 0 Å². The standard InChI is InChI=1S/C23H24N2O2/c1-24-14-17(22(27)18(15-26)12-16-8-4-3-5-9-16)13-20-19-10-6-7-11-21(19)25(2)23(20)24/h3-11,14,18,26H,12-13,15H2,1-2H3/t18-/m0/s1. The molecule has 0 saturated heterocycles. The van der Waals surface area contributed by atoms with Gasteiger partial charge in [0.25, 0.3) is 0 Å². The van der Waals surface area contributed by atoms with E-state index in [0.717, 1.165) is 17.0 Å². The van der Waals surface area contributed by atoms with E-state index in [9.17, 15) is 9.90 Å². The number of allylic oxidation sites excluding steroid dienone is 1. The molecule has 0 radical (unpaired) electrons. The van der Waals surface area contributed by atoms with Crippen molar-refractivity contribution in [2.75, 3.05) is 18.6 Å². The molecule has 1 atom stereocenters. The monoisotopic (exact) mass is 360 g/mol. The van der Waals surface area contributed by atoms with Crippen LogP contribution in [-0.2, 0) is 24.7 Å². The van der Waals surface area contributed by atoms with Crippen molar-refractivity contribution in [1.29, 1.82) is 0 Å². The van der Waals surface area contributed by atoms with Gasteiger partial charge in [0.1, 0.15) is 5.82 Å². The molecule has 0 unspecified atom stereocenters. The first-order valence-corrected chi connectivity index (χ1v) is 9.29. The molecule has 1 aliphatic heterocycles. The second-order valence-electron chi connectivity index (χ2n) is 7.25. The molecule has 0 spiro atoms. The molecule has 1 N–H and O–H groups in total. The van der Waals surface area contributed by atoms with Crippen LogP contribution in [-0.4, -0.2) is 29.1 Å². The molecule has 2 heterocycles. The predicted octanol–water partition coefficient (Wildman–Crippen LogP) is 3.47. The second kappa shape index (κ2) is 7.05. The fraction of sp³-hybridized carbons (Fsp3) is 0.261. The van der Waals surface area contributed by atoms with E-state index >= 15 is 0 Å². The van der Waals surface area contributed by atoms with E-state index in [1.54, 1.807) is 0 Å². The molecule has 4 rings (SSSR count). The smallest absolute Gasteiger partial charge is 0.166 e. The largest absolute Gasteiger partial charge is 0.396 e. The fourth-order valence-electron chi connectivity index (χ4n) is 4.16. The average Bonchev–Trinajstić information content (AvgIpc) is 2.99. The van der Waals surface area contributed by atoms with Gasteiger partial charge in [0.2, 0.25) is 0 Å². The highest BCUT2D eigenvalue weighted by Crippen LogP contribution is 2.37. The molecule has 1 aliphatic rings. The molecule has 0 aliphatic carbocycles. The van der Waals surface area contributed by atoms with Crippen molar-refractivity contribution < 1.29 is 9.90 Å².